The van der Waals surface area contributed by atoms with Crippen LogP contribution < -0.4 is 9.47 Å². The number of aromatic amines is 1. The summed E-state index contributed by atoms with van der Waals surface area (Å²) >= 11 is 0. The maximum atomic E-state index is 12.2. The highest BCUT2D eigenvalue weighted by molar-refractivity contribution is 6.12. The summed E-state index contributed by atoms with van der Waals surface area (Å²) in [5.41, 5.74) is 3.29. The number of rotatable bonds is 4. The molecule has 0 aliphatic heterocycles. The molecule has 3 rings (SSSR count). The molecule has 1 N–H and O–H groups in total. The van der Waals surface area contributed by atoms with Crippen LogP contribution in [0.15, 0.2) is 42.5 Å². The van der Waals surface area contributed by atoms with Crippen molar-refractivity contribution in [3.63, 3.8) is 0 Å². The monoisotopic (exact) mass is 295 g/mol. The molecule has 0 radical (unpaired) electrons. The number of hydrogen-bond donors (Lipinski definition) is 1. The Hall–Kier alpha value is -2.75. The Kier molecular flexibility index (Phi) is 3.59. The fraction of sp³-hybridized carbons (Fsp3) is 0.167. The van der Waals surface area contributed by atoms with E-state index >= 15 is 0 Å². The molecule has 0 bridgehead atoms. The molecule has 0 amide bonds. The highest BCUT2D eigenvalue weighted by Crippen LogP contribution is 2.34. The van der Waals surface area contributed by atoms with E-state index in [2.05, 4.69) is 4.98 Å². The lowest BCUT2D eigenvalue weighted by Gasteiger charge is -2.05. The average molecular weight is 295 g/mol. The zero-order valence-electron chi connectivity index (χ0n) is 12.8. The zero-order chi connectivity index (χ0) is 15.7. The molecular weight excluding hydrogens is 278 g/mol. The molecular formula is C18H17NO3. The summed E-state index contributed by atoms with van der Waals surface area (Å²) in [5, 5.41) is 0.865. The van der Waals surface area contributed by atoms with Crippen molar-refractivity contribution in [2.75, 3.05) is 14.2 Å². The van der Waals surface area contributed by atoms with Crippen LogP contribution in [0.3, 0.4) is 0 Å². The number of ether oxygens (including phenoxy) is 2. The highest BCUT2D eigenvalue weighted by atomic mass is 16.5. The molecule has 112 valence electrons. The van der Waals surface area contributed by atoms with Crippen LogP contribution in [0.1, 0.15) is 17.3 Å². The minimum atomic E-state index is 0.0114. The number of nitrogens with one attached hydrogen (secondary N) is 1. The molecule has 0 aliphatic carbocycles. The number of carbonyl (C=O) groups is 1. The molecule has 1 heterocycles. The second kappa shape index (κ2) is 5.56. The van der Waals surface area contributed by atoms with Crippen LogP contribution in [0, 0.1) is 0 Å². The van der Waals surface area contributed by atoms with E-state index in [0.29, 0.717) is 5.56 Å². The Morgan fingerprint density at radius 1 is 1.00 bits per heavy atom. The van der Waals surface area contributed by atoms with Gasteiger partial charge in [0.15, 0.2) is 5.78 Å². The summed E-state index contributed by atoms with van der Waals surface area (Å²) in [5.74, 6) is 1.49. The van der Waals surface area contributed by atoms with Crippen molar-refractivity contribution in [3.8, 4) is 22.8 Å². The number of benzene rings is 2. The van der Waals surface area contributed by atoms with Gasteiger partial charge in [0.25, 0.3) is 0 Å². The molecule has 0 saturated heterocycles. The number of ketones is 1. The molecule has 0 spiro atoms. The first-order valence-electron chi connectivity index (χ1n) is 6.99. The Labute approximate surface area is 128 Å². The van der Waals surface area contributed by atoms with Crippen LogP contribution in [-0.2, 0) is 0 Å². The molecule has 4 nitrogen and oxygen atoms in total. The normalized spacial score (nSPS) is 10.7. The molecule has 22 heavy (non-hydrogen) atoms. The van der Waals surface area contributed by atoms with Gasteiger partial charge in [0, 0.05) is 16.5 Å². The van der Waals surface area contributed by atoms with Crippen molar-refractivity contribution in [1.29, 1.82) is 0 Å². The molecule has 2 aromatic carbocycles. The Morgan fingerprint density at radius 2 is 1.73 bits per heavy atom. The summed E-state index contributed by atoms with van der Waals surface area (Å²) < 4.78 is 10.5. The summed E-state index contributed by atoms with van der Waals surface area (Å²) in [7, 11) is 3.24. The van der Waals surface area contributed by atoms with Crippen LogP contribution >= 0.6 is 0 Å². The molecule has 4 heteroatoms. The van der Waals surface area contributed by atoms with Gasteiger partial charge in [-0.25, -0.2) is 0 Å². The summed E-state index contributed by atoms with van der Waals surface area (Å²) in [4.78, 5) is 15.5. The minimum Gasteiger partial charge on any atom is -0.497 e. The van der Waals surface area contributed by atoms with E-state index in [-0.39, 0.29) is 5.78 Å². The molecule has 0 atom stereocenters. The first-order chi connectivity index (χ1) is 10.6. The number of fused-ring (bicyclic) bond motifs is 1. The minimum absolute atomic E-state index is 0.0114. The largest absolute Gasteiger partial charge is 0.497 e. The fourth-order valence-electron chi connectivity index (χ4n) is 2.66. The predicted octanol–water partition coefficient (Wildman–Crippen LogP) is 4.05. The predicted molar refractivity (Wildman–Crippen MR) is 86.8 cm³/mol. The number of H-pyrrole nitrogens is 1. The van der Waals surface area contributed by atoms with E-state index in [1.54, 1.807) is 21.1 Å². The van der Waals surface area contributed by atoms with Gasteiger partial charge in [-0.15, -0.1) is 0 Å². The number of methoxy groups -OCH3 is 2. The quantitative estimate of drug-likeness (QED) is 0.739. The molecule has 0 aliphatic rings. The Bertz CT molecular complexity index is 849. The third-order valence-corrected chi connectivity index (χ3v) is 3.72. The maximum absolute atomic E-state index is 12.2. The lowest BCUT2D eigenvalue weighted by molar-refractivity contribution is 0.102. The van der Waals surface area contributed by atoms with Crippen molar-refractivity contribution in [3.05, 3.63) is 48.0 Å². The van der Waals surface area contributed by atoms with Crippen LogP contribution in [0.2, 0.25) is 0 Å². The SMILES string of the molecule is COc1cccc(-c2[nH]c3ccc(OC)cc3c2C(C)=O)c1. The van der Waals surface area contributed by atoms with Gasteiger partial charge >= 0.3 is 0 Å². The highest BCUT2D eigenvalue weighted by Gasteiger charge is 2.17. The van der Waals surface area contributed by atoms with Crippen molar-refractivity contribution < 1.29 is 14.3 Å². The molecule has 0 saturated carbocycles. The smallest absolute Gasteiger partial charge is 0.162 e. The van der Waals surface area contributed by atoms with E-state index in [0.717, 1.165) is 33.7 Å². The first kappa shape index (κ1) is 14.2. The van der Waals surface area contributed by atoms with Crippen LogP contribution in [0.5, 0.6) is 11.5 Å². The fourth-order valence-corrected chi connectivity index (χ4v) is 2.66. The van der Waals surface area contributed by atoms with Crippen LogP contribution in [-0.4, -0.2) is 25.0 Å². The van der Waals surface area contributed by atoms with Gasteiger partial charge in [-0.05, 0) is 37.3 Å². The van der Waals surface area contributed by atoms with Gasteiger partial charge in [-0.2, -0.15) is 0 Å². The van der Waals surface area contributed by atoms with E-state index in [1.807, 2.05) is 42.5 Å². The summed E-state index contributed by atoms with van der Waals surface area (Å²) in [6.45, 7) is 1.58. The maximum Gasteiger partial charge on any atom is 0.162 e. The third-order valence-electron chi connectivity index (χ3n) is 3.72. The van der Waals surface area contributed by atoms with Crippen LogP contribution in [0.4, 0.5) is 0 Å². The number of hydrogen-bond acceptors (Lipinski definition) is 3. The Balaban J connectivity index is 2.28. The van der Waals surface area contributed by atoms with E-state index < -0.39 is 0 Å². The molecule has 3 aromatic rings. The number of aromatic nitrogens is 1. The van der Waals surface area contributed by atoms with Gasteiger partial charge in [0.2, 0.25) is 0 Å². The van der Waals surface area contributed by atoms with E-state index in [4.69, 9.17) is 9.47 Å². The number of Topliss-reactive ketones (excluding diaryl/α,β-unsaturated/α-hetero) is 1. The van der Waals surface area contributed by atoms with Crippen LogP contribution in [0.25, 0.3) is 22.2 Å². The number of carbonyl (C=O) groups excluding carboxylic acids is 1. The lowest BCUT2D eigenvalue weighted by Crippen LogP contribution is -1.94. The third kappa shape index (κ3) is 2.33. The van der Waals surface area contributed by atoms with Crippen molar-refractivity contribution >= 4 is 16.7 Å². The van der Waals surface area contributed by atoms with Gasteiger partial charge < -0.3 is 14.5 Å². The molecule has 1 aromatic heterocycles. The van der Waals surface area contributed by atoms with Gasteiger partial charge in [-0.3, -0.25) is 4.79 Å². The van der Waals surface area contributed by atoms with Gasteiger partial charge in [0.05, 0.1) is 25.5 Å². The van der Waals surface area contributed by atoms with E-state index in [1.165, 1.54) is 0 Å². The topological polar surface area (TPSA) is 51.3 Å². The second-order valence-electron chi connectivity index (χ2n) is 5.07. The van der Waals surface area contributed by atoms with Crippen molar-refractivity contribution in [2.45, 2.75) is 6.92 Å². The van der Waals surface area contributed by atoms with Crippen molar-refractivity contribution in [2.24, 2.45) is 0 Å². The first-order valence-corrected chi connectivity index (χ1v) is 6.99. The average Bonchev–Trinajstić information content (AvgIpc) is 2.93. The summed E-state index contributed by atoms with van der Waals surface area (Å²) in [6.07, 6.45) is 0. The summed E-state index contributed by atoms with van der Waals surface area (Å²) in [6, 6.07) is 13.3. The van der Waals surface area contributed by atoms with Crippen molar-refractivity contribution in [1.82, 2.24) is 4.98 Å². The lowest BCUT2D eigenvalue weighted by atomic mass is 10.0. The Morgan fingerprint density at radius 3 is 2.41 bits per heavy atom. The molecule has 0 fully saturated rings. The molecule has 0 unspecified atom stereocenters. The second-order valence-corrected chi connectivity index (χ2v) is 5.07. The zero-order valence-corrected chi connectivity index (χ0v) is 12.8. The van der Waals surface area contributed by atoms with Gasteiger partial charge in [-0.1, -0.05) is 12.1 Å². The standard InChI is InChI=1S/C18H17NO3/c1-11(20)17-15-10-14(22-3)7-8-16(15)19-18(17)12-5-4-6-13(9-12)21-2/h4-10,19H,1-3H3. The van der Waals surface area contributed by atoms with E-state index in [9.17, 15) is 4.79 Å². The van der Waals surface area contributed by atoms with Gasteiger partial charge in [0.1, 0.15) is 11.5 Å².